The minimum atomic E-state index is -1.47. The summed E-state index contributed by atoms with van der Waals surface area (Å²) in [5.74, 6) is -0.177. The fourth-order valence-corrected chi connectivity index (χ4v) is 5.00. The number of esters is 1. The van der Waals surface area contributed by atoms with E-state index in [4.69, 9.17) is 4.74 Å². The van der Waals surface area contributed by atoms with Crippen molar-refractivity contribution in [2.24, 2.45) is 0 Å². The molecule has 0 radical (unpaired) electrons. The number of ether oxygens (including phenoxy) is 1. The Labute approximate surface area is 206 Å². The van der Waals surface area contributed by atoms with Gasteiger partial charge < -0.3 is 4.74 Å². The average molecular weight is 467 g/mol. The van der Waals surface area contributed by atoms with E-state index >= 15 is 0 Å². The molecule has 1 atom stereocenters. The molecule has 0 bridgehead atoms. The summed E-state index contributed by atoms with van der Waals surface area (Å²) < 4.78 is 19.3. The van der Waals surface area contributed by atoms with E-state index in [0.717, 1.165) is 38.5 Å². The first kappa shape index (κ1) is 26.4. The van der Waals surface area contributed by atoms with Gasteiger partial charge >= 0.3 is 5.97 Å². The predicted molar refractivity (Wildman–Crippen MR) is 140 cm³/mol. The van der Waals surface area contributed by atoms with E-state index in [0.29, 0.717) is 5.92 Å². The lowest BCUT2D eigenvalue weighted by Crippen LogP contribution is -2.28. The molecule has 0 aliphatic heterocycles. The highest BCUT2D eigenvalue weighted by atomic mass is 19.1. The van der Waals surface area contributed by atoms with E-state index in [1.54, 1.807) is 0 Å². The Kier molecular flexibility index (Phi) is 11.1. The predicted octanol–water partition coefficient (Wildman–Crippen LogP) is 8.96. The van der Waals surface area contributed by atoms with Crippen LogP contribution in [-0.2, 0) is 16.0 Å². The molecule has 0 N–H and O–H groups in total. The summed E-state index contributed by atoms with van der Waals surface area (Å²) in [5.41, 5.74) is 5.30. The highest BCUT2D eigenvalue weighted by Crippen LogP contribution is 2.35. The van der Waals surface area contributed by atoms with E-state index in [1.807, 2.05) is 6.92 Å². The van der Waals surface area contributed by atoms with E-state index in [9.17, 15) is 9.18 Å². The zero-order valence-corrected chi connectivity index (χ0v) is 21.2. The van der Waals surface area contributed by atoms with Crippen LogP contribution in [0.4, 0.5) is 4.39 Å². The number of hydrogen-bond donors (Lipinski definition) is 0. The van der Waals surface area contributed by atoms with Crippen LogP contribution in [0, 0.1) is 0 Å². The molecular formula is C31H43FO2. The highest BCUT2D eigenvalue weighted by molar-refractivity contribution is 5.74. The number of rotatable bonds is 13. The summed E-state index contributed by atoms with van der Waals surface area (Å²) in [4.78, 5) is 12.0. The van der Waals surface area contributed by atoms with Crippen LogP contribution in [0.25, 0.3) is 11.1 Å². The van der Waals surface area contributed by atoms with Gasteiger partial charge in [-0.1, -0.05) is 101 Å². The Morgan fingerprint density at radius 2 is 1.41 bits per heavy atom. The van der Waals surface area contributed by atoms with Crippen molar-refractivity contribution >= 4 is 5.97 Å². The molecule has 0 aromatic heterocycles. The first-order valence-corrected chi connectivity index (χ1v) is 13.6. The number of carbonyl (C=O) groups is 1. The van der Waals surface area contributed by atoms with Gasteiger partial charge in [-0.15, -0.1) is 0 Å². The molecule has 34 heavy (non-hydrogen) atoms. The molecule has 1 aliphatic carbocycles. The van der Waals surface area contributed by atoms with Crippen LogP contribution in [0.3, 0.4) is 0 Å². The second-order valence-electron chi connectivity index (χ2n) is 10.0. The van der Waals surface area contributed by atoms with Crippen LogP contribution in [0.2, 0.25) is 0 Å². The number of hydrogen-bond acceptors (Lipinski definition) is 2. The topological polar surface area (TPSA) is 26.3 Å². The molecule has 2 nitrogen and oxygen atoms in total. The van der Waals surface area contributed by atoms with Gasteiger partial charge in [0, 0.05) is 0 Å². The van der Waals surface area contributed by atoms with Gasteiger partial charge in [0.25, 0.3) is 0 Å². The fraction of sp³-hybridized carbons (Fsp3) is 0.581. The number of halogens is 1. The van der Waals surface area contributed by atoms with E-state index in [-0.39, 0.29) is 12.5 Å². The lowest BCUT2D eigenvalue weighted by atomic mass is 9.82. The lowest BCUT2D eigenvalue weighted by molar-refractivity contribution is -0.157. The zero-order valence-electron chi connectivity index (χ0n) is 21.2. The molecule has 1 aliphatic rings. The maximum absolute atomic E-state index is 13.9. The van der Waals surface area contributed by atoms with Crippen molar-refractivity contribution in [3.05, 3.63) is 59.7 Å². The number of alkyl halides is 1. The number of unbranched alkanes of at least 4 members (excludes halogenated alkanes) is 5. The number of carbonyl (C=O) groups excluding carboxylic acids is 1. The molecule has 3 heteroatoms. The van der Waals surface area contributed by atoms with Crippen molar-refractivity contribution in [3.63, 3.8) is 0 Å². The molecule has 2 aromatic rings. The van der Waals surface area contributed by atoms with Crippen molar-refractivity contribution in [2.45, 2.75) is 116 Å². The van der Waals surface area contributed by atoms with Crippen molar-refractivity contribution in [3.8, 4) is 11.1 Å². The summed E-state index contributed by atoms with van der Waals surface area (Å²) in [6.07, 6.45) is 11.7. The summed E-state index contributed by atoms with van der Waals surface area (Å²) in [6, 6.07) is 18.0. The third kappa shape index (κ3) is 8.25. The largest absolute Gasteiger partial charge is 0.460 e. The molecule has 3 rings (SSSR count). The second kappa shape index (κ2) is 14.3. The Balaban J connectivity index is 1.44. The molecule has 1 fully saturated rings. The summed E-state index contributed by atoms with van der Waals surface area (Å²) in [5, 5.41) is 0. The Hall–Kier alpha value is -2.16. The molecule has 0 unspecified atom stereocenters. The minimum absolute atomic E-state index is 0.131. The standard InChI is InChI=1S/C31H43FO2/c1-3-5-7-8-9-10-24-12-14-25(15-13-24)26-16-18-27(19-17-26)28-20-22-29(23-21-28)34-31(33)30(32)11-6-4-2/h12-19,28-30H,3-11,20-23H2,1-2H3/t28-,29-,30-/m0/s1. The summed E-state index contributed by atoms with van der Waals surface area (Å²) in [7, 11) is 0. The average Bonchev–Trinajstić information content (AvgIpc) is 2.88. The van der Waals surface area contributed by atoms with Gasteiger partial charge in [0.15, 0.2) is 6.17 Å². The molecular weight excluding hydrogens is 423 g/mol. The monoisotopic (exact) mass is 466 g/mol. The maximum Gasteiger partial charge on any atom is 0.340 e. The normalized spacial score (nSPS) is 19.0. The third-order valence-electron chi connectivity index (χ3n) is 7.26. The molecule has 186 valence electrons. The molecule has 1 saturated carbocycles. The molecule has 0 saturated heterocycles. The lowest BCUT2D eigenvalue weighted by Gasteiger charge is -2.29. The van der Waals surface area contributed by atoms with Crippen molar-refractivity contribution in [2.75, 3.05) is 0 Å². The van der Waals surface area contributed by atoms with Crippen LogP contribution < -0.4 is 0 Å². The van der Waals surface area contributed by atoms with Gasteiger partial charge in [-0.2, -0.15) is 0 Å². The Bertz CT molecular complexity index is 835. The summed E-state index contributed by atoms with van der Waals surface area (Å²) in [6.45, 7) is 4.26. The Morgan fingerprint density at radius 1 is 0.824 bits per heavy atom. The van der Waals surface area contributed by atoms with Gasteiger partial charge in [-0.05, 0) is 73.1 Å². The SMILES string of the molecule is CCCCCCCc1ccc(-c2ccc([C@H]3CC[C@H](OC(=O)[C@@H](F)CCCC)CC3)cc2)cc1. The quantitative estimate of drug-likeness (QED) is 0.217. The minimum Gasteiger partial charge on any atom is -0.460 e. The number of benzene rings is 2. The first-order chi connectivity index (χ1) is 16.6. The van der Waals surface area contributed by atoms with Crippen LogP contribution in [-0.4, -0.2) is 18.2 Å². The highest BCUT2D eigenvalue weighted by Gasteiger charge is 2.27. The molecule has 0 spiro atoms. The van der Waals surface area contributed by atoms with Crippen LogP contribution in [0.5, 0.6) is 0 Å². The summed E-state index contributed by atoms with van der Waals surface area (Å²) >= 11 is 0. The van der Waals surface area contributed by atoms with Gasteiger partial charge in [0.1, 0.15) is 6.10 Å². The van der Waals surface area contributed by atoms with Crippen molar-refractivity contribution in [1.29, 1.82) is 0 Å². The van der Waals surface area contributed by atoms with Crippen LogP contribution >= 0.6 is 0 Å². The van der Waals surface area contributed by atoms with Gasteiger partial charge in [0.2, 0.25) is 0 Å². The van der Waals surface area contributed by atoms with E-state index in [2.05, 4.69) is 55.5 Å². The van der Waals surface area contributed by atoms with E-state index < -0.39 is 12.1 Å². The van der Waals surface area contributed by atoms with Gasteiger partial charge in [-0.25, -0.2) is 9.18 Å². The Morgan fingerprint density at radius 3 is 2.03 bits per heavy atom. The van der Waals surface area contributed by atoms with Crippen LogP contribution in [0.15, 0.2) is 48.5 Å². The molecule has 0 heterocycles. The van der Waals surface area contributed by atoms with Gasteiger partial charge in [0.05, 0.1) is 0 Å². The molecule has 0 amide bonds. The first-order valence-electron chi connectivity index (χ1n) is 13.6. The zero-order chi connectivity index (χ0) is 24.2. The second-order valence-corrected chi connectivity index (χ2v) is 10.0. The van der Waals surface area contributed by atoms with E-state index in [1.165, 1.54) is 60.8 Å². The van der Waals surface area contributed by atoms with Gasteiger partial charge in [-0.3, -0.25) is 0 Å². The number of aryl methyl sites for hydroxylation is 1. The fourth-order valence-electron chi connectivity index (χ4n) is 5.00. The third-order valence-corrected chi connectivity index (χ3v) is 7.26. The smallest absolute Gasteiger partial charge is 0.340 e. The maximum atomic E-state index is 13.9. The van der Waals surface area contributed by atoms with Crippen LogP contribution in [0.1, 0.15) is 108 Å². The molecule has 2 aromatic carbocycles. The van der Waals surface area contributed by atoms with Crippen molar-refractivity contribution < 1.29 is 13.9 Å². The van der Waals surface area contributed by atoms with Crippen molar-refractivity contribution in [1.82, 2.24) is 0 Å².